The molecule has 0 radical (unpaired) electrons. The van der Waals surface area contributed by atoms with E-state index in [2.05, 4.69) is 39.0 Å². The van der Waals surface area contributed by atoms with Gasteiger partial charge in [-0.25, -0.2) is 0 Å². The lowest BCUT2D eigenvalue weighted by Gasteiger charge is -2.21. The van der Waals surface area contributed by atoms with E-state index in [0.717, 1.165) is 12.8 Å². The third-order valence-electron chi connectivity index (χ3n) is 4.00. The number of hydrogen-bond donors (Lipinski definition) is 1. The van der Waals surface area contributed by atoms with Gasteiger partial charge in [0.2, 0.25) is 0 Å². The summed E-state index contributed by atoms with van der Waals surface area (Å²) >= 11 is 0. The molecular formula is C15H22O. The van der Waals surface area contributed by atoms with E-state index < -0.39 is 0 Å². The van der Waals surface area contributed by atoms with Gasteiger partial charge in [0.05, 0.1) is 6.10 Å². The van der Waals surface area contributed by atoms with Gasteiger partial charge in [0.25, 0.3) is 0 Å². The van der Waals surface area contributed by atoms with Crippen LogP contribution >= 0.6 is 0 Å². The standard InChI is InChI=1S/C15H22O/c1-10(2)13-8-7-12-6-4-5-11(3)15(12)14(16)9-13/h4-6,10,13-14,16H,7-9H2,1-3H3/t13-,14-/m1/s1. The summed E-state index contributed by atoms with van der Waals surface area (Å²) in [7, 11) is 0. The van der Waals surface area contributed by atoms with Crippen molar-refractivity contribution >= 4 is 0 Å². The number of aliphatic hydroxyl groups excluding tert-OH is 1. The van der Waals surface area contributed by atoms with Crippen molar-refractivity contribution in [1.82, 2.24) is 0 Å². The van der Waals surface area contributed by atoms with Crippen molar-refractivity contribution in [3.05, 3.63) is 34.9 Å². The highest BCUT2D eigenvalue weighted by molar-refractivity contribution is 5.37. The average Bonchev–Trinajstić information content (AvgIpc) is 2.39. The normalized spacial score (nSPS) is 25.3. The van der Waals surface area contributed by atoms with E-state index in [4.69, 9.17) is 0 Å². The highest BCUT2D eigenvalue weighted by Gasteiger charge is 2.25. The van der Waals surface area contributed by atoms with Crippen molar-refractivity contribution in [3.63, 3.8) is 0 Å². The van der Waals surface area contributed by atoms with Crippen LogP contribution in [0.25, 0.3) is 0 Å². The van der Waals surface area contributed by atoms with Crippen molar-refractivity contribution in [2.24, 2.45) is 11.8 Å². The topological polar surface area (TPSA) is 20.2 Å². The fourth-order valence-corrected chi connectivity index (χ4v) is 2.91. The Morgan fingerprint density at radius 2 is 2.06 bits per heavy atom. The molecule has 1 N–H and O–H groups in total. The molecule has 0 saturated heterocycles. The zero-order chi connectivity index (χ0) is 11.7. The Morgan fingerprint density at radius 1 is 1.31 bits per heavy atom. The minimum Gasteiger partial charge on any atom is -0.388 e. The fraction of sp³-hybridized carbons (Fsp3) is 0.600. The summed E-state index contributed by atoms with van der Waals surface area (Å²) in [4.78, 5) is 0. The molecule has 0 bridgehead atoms. The maximum Gasteiger partial charge on any atom is 0.0798 e. The molecule has 1 aromatic carbocycles. The summed E-state index contributed by atoms with van der Waals surface area (Å²) in [5.41, 5.74) is 3.80. The Morgan fingerprint density at radius 3 is 2.75 bits per heavy atom. The van der Waals surface area contributed by atoms with E-state index in [9.17, 15) is 5.11 Å². The van der Waals surface area contributed by atoms with Crippen molar-refractivity contribution in [2.75, 3.05) is 0 Å². The van der Waals surface area contributed by atoms with Crippen LogP contribution in [0, 0.1) is 18.8 Å². The lowest BCUT2D eigenvalue weighted by Crippen LogP contribution is -2.11. The molecule has 1 aliphatic rings. The summed E-state index contributed by atoms with van der Waals surface area (Å²) in [6.07, 6.45) is 3.00. The molecule has 0 aliphatic heterocycles. The van der Waals surface area contributed by atoms with Crippen LogP contribution in [0.15, 0.2) is 18.2 Å². The van der Waals surface area contributed by atoms with Gasteiger partial charge in [0.1, 0.15) is 0 Å². The summed E-state index contributed by atoms with van der Waals surface area (Å²) < 4.78 is 0. The van der Waals surface area contributed by atoms with Crippen LogP contribution in [0.1, 0.15) is 49.5 Å². The first-order valence-electron chi connectivity index (χ1n) is 6.36. The molecule has 1 aliphatic carbocycles. The molecule has 16 heavy (non-hydrogen) atoms. The molecule has 2 atom stereocenters. The lowest BCUT2D eigenvalue weighted by molar-refractivity contribution is 0.132. The molecule has 0 saturated carbocycles. The monoisotopic (exact) mass is 218 g/mol. The van der Waals surface area contributed by atoms with Gasteiger partial charge >= 0.3 is 0 Å². The summed E-state index contributed by atoms with van der Waals surface area (Å²) in [5, 5.41) is 10.3. The highest BCUT2D eigenvalue weighted by atomic mass is 16.3. The number of benzene rings is 1. The Hall–Kier alpha value is -0.820. The van der Waals surface area contributed by atoms with Gasteiger partial charge in [0, 0.05) is 0 Å². The summed E-state index contributed by atoms with van der Waals surface area (Å²) in [6, 6.07) is 6.39. The van der Waals surface area contributed by atoms with Crippen LogP contribution in [-0.2, 0) is 6.42 Å². The number of aliphatic hydroxyl groups is 1. The Kier molecular flexibility index (Phi) is 3.34. The predicted octanol–water partition coefficient (Wildman–Crippen LogP) is 3.64. The van der Waals surface area contributed by atoms with E-state index in [1.54, 1.807) is 0 Å². The molecule has 0 heterocycles. The third kappa shape index (κ3) is 2.15. The van der Waals surface area contributed by atoms with Crippen molar-refractivity contribution in [1.29, 1.82) is 0 Å². The third-order valence-corrected chi connectivity index (χ3v) is 4.00. The Labute approximate surface area is 98.5 Å². The van der Waals surface area contributed by atoms with Gasteiger partial charge in [-0.1, -0.05) is 32.0 Å². The second kappa shape index (κ2) is 4.58. The number of rotatable bonds is 1. The first-order valence-corrected chi connectivity index (χ1v) is 6.36. The molecule has 0 fully saturated rings. The second-order valence-electron chi connectivity index (χ2n) is 5.44. The number of aryl methyl sites for hydroxylation is 2. The second-order valence-corrected chi connectivity index (χ2v) is 5.44. The van der Waals surface area contributed by atoms with Crippen LogP contribution in [0.4, 0.5) is 0 Å². The lowest BCUT2D eigenvalue weighted by atomic mass is 9.87. The number of fused-ring (bicyclic) bond motifs is 1. The van der Waals surface area contributed by atoms with Gasteiger partial charge in [-0.05, 0) is 54.7 Å². The van der Waals surface area contributed by atoms with E-state index >= 15 is 0 Å². The highest BCUT2D eigenvalue weighted by Crippen LogP contribution is 2.36. The van der Waals surface area contributed by atoms with Crippen LogP contribution in [0.2, 0.25) is 0 Å². The van der Waals surface area contributed by atoms with Crippen molar-refractivity contribution in [3.8, 4) is 0 Å². The Balaban J connectivity index is 2.32. The molecule has 0 amide bonds. The smallest absolute Gasteiger partial charge is 0.0798 e. The zero-order valence-corrected chi connectivity index (χ0v) is 10.5. The molecular weight excluding hydrogens is 196 g/mol. The van der Waals surface area contributed by atoms with E-state index in [1.807, 2.05) is 0 Å². The Bertz CT molecular complexity index is 368. The summed E-state index contributed by atoms with van der Waals surface area (Å²) in [5.74, 6) is 1.33. The van der Waals surface area contributed by atoms with Gasteiger partial charge in [-0.2, -0.15) is 0 Å². The maximum atomic E-state index is 10.3. The number of hydrogen-bond acceptors (Lipinski definition) is 1. The molecule has 88 valence electrons. The van der Waals surface area contributed by atoms with Gasteiger partial charge in [-0.3, -0.25) is 0 Å². The average molecular weight is 218 g/mol. The van der Waals surface area contributed by atoms with Crippen LogP contribution in [0.5, 0.6) is 0 Å². The molecule has 0 unspecified atom stereocenters. The minimum absolute atomic E-state index is 0.258. The van der Waals surface area contributed by atoms with Gasteiger partial charge in [0.15, 0.2) is 0 Å². The summed E-state index contributed by atoms with van der Waals surface area (Å²) in [6.45, 7) is 6.64. The van der Waals surface area contributed by atoms with Crippen molar-refractivity contribution in [2.45, 2.75) is 46.1 Å². The molecule has 0 spiro atoms. The first-order chi connectivity index (χ1) is 7.59. The molecule has 1 heteroatoms. The minimum atomic E-state index is -0.258. The molecule has 1 aromatic rings. The zero-order valence-electron chi connectivity index (χ0n) is 10.5. The van der Waals surface area contributed by atoms with Gasteiger partial charge < -0.3 is 5.11 Å². The molecule has 1 nitrogen and oxygen atoms in total. The fourth-order valence-electron chi connectivity index (χ4n) is 2.91. The largest absolute Gasteiger partial charge is 0.388 e. The van der Waals surface area contributed by atoms with Crippen LogP contribution < -0.4 is 0 Å². The SMILES string of the molecule is Cc1cccc2c1[C@H](O)C[C@H](C(C)C)CC2. The van der Waals surface area contributed by atoms with Crippen molar-refractivity contribution < 1.29 is 5.11 Å². The predicted molar refractivity (Wildman–Crippen MR) is 67.4 cm³/mol. The van der Waals surface area contributed by atoms with Crippen LogP contribution in [-0.4, -0.2) is 5.11 Å². The van der Waals surface area contributed by atoms with E-state index in [0.29, 0.717) is 11.8 Å². The quantitative estimate of drug-likeness (QED) is 0.714. The van der Waals surface area contributed by atoms with E-state index in [1.165, 1.54) is 23.1 Å². The van der Waals surface area contributed by atoms with Crippen LogP contribution in [0.3, 0.4) is 0 Å². The first kappa shape index (κ1) is 11.7. The molecule has 0 aromatic heterocycles. The molecule has 2 rings (SSSR count). The van der Waals surface area contributed by atoms with E-state index in [-0.39, 0.29) is 6.10 Å². The van der Waals surface area contributed by atoms with Gasteiger partial charge in [-0.15, -0.1) is 0 Å². The maximum absolute atomic E-state index is 10.3.